The van der Waals surface area contributed by atoms with E-state index in [-0.39, 0.29) is 36.6 Å². The van der Waals surface area contributed by atoms with Gasteiger partial charge in [0.05, 0.1) is 22.1 Å². The summed E-state index contributed by atoms with van der Waals surface area (Å²) in [7, 11) is -3.56. The van der Waals surface area contributed by atoms with Crippen LogP contribution in [0.2, 0.25) is 0 Å². The minimum absolute atomic E-state index is 0.0299. The van der Waals surface area contributed by atoms with Crippen LogP contribution in [0.4, 0.5) is 4.79 Å². The second-order valence-electron chi connectivity index (χ2n) is 16.9. The highest BCUT2D eigenvalue weighted by molar-refractivity contribution is 7.92. The van der Waals surface area contributed by atoms with Gasteiger partial charge in [0.2, 0.25) is 17.6 Å². The van der Waals surface area contributed by atoms with Crippen molar-refractivity contribution in [1.82, 2.24) is 26.2 Å². The van der Waals surface area contributed by atoms with Crippen LogP contribution in [0.25, 0.3) is 0 Å². The molecule has 12 nitrogen and oxygen atoms in total. The first kappa shape index (κ1) is 40.5. The highest BCUT2D eigenvalue weighted by Crippen LogP contribution is 2.36. The van der Waals surface area contributed by atoms with Crippen LogP contribution >= 0.6 is 0 Å². The van der Waals surface area contributed by atoms with E-state index < -0.39 is 73.2 Å². The Morgan fingerprint density at radius 2 is 1.55 bits per heavy atom. The first-order chi connectivity index (χ1) is 22.6. The van der Waals surface area contributed by atoms with E-state index in [0.717, 1.165) is 32.1 Å². The Bertz CT molecular complexity index is 1350. The van der Waals surface area contributed by atoms with Gasteiger partial charge in [0.15, 0.2) is 9.84 Å². The molecule has 1 unspecified atom stereocenters. The number of nitrogens with zero attached hydrogens (tertiary/aromatic N) is 1. The highest BCUT2D eigenvalue weighted by atomic mass is 32.2. The molecular weight excluding hydrogens is 646 g/mol. The number of carbonyl (C=O) groups is 5. The predicted molar refractivity (Wildman–Crippen MR) is 190 cm³/mol. The average molecular weight is 708 g/mol. The van der Waals surface area contributed by atoms with Crippen LogP contribution in [0, 0.1) is 23.2 Å². The SMILES string of the molecule is C=CCNC(=O)C(=O)C(CC1CC1)NC(=O)[C@@H]1[C@@H](C(C)C)CCN1C(=O)[C@@H](NC(=O)NC1(CS(=O)(=O)C(C)(C)C)CCCCC1)C(C)(C)C. The van der Waals surface area contributed by atoms with Gasteiger partial charge < -0.3 is 26.2 Å². The van der Waals surface area contributed by atoms with Crippen molar-refractivity contribution in [2.24, 2.45) is 23.2 Å². The second-order valence-corrected chi connectivity index (χ2v) is 19.6. The van der Waals surface area contributed by atoms with Crippen molar-refractivity contribution >= 4 is 39.4 Å². The zero-order valence-corrected chi connectivity index (χ0v) is 31.8. The molecule has 278 valence electrons. The van der Waals surface area contributed by atoms with Crippen LogP contribution in [0.5, 0.6) is 0 Å². The van der Waals surface area contributed by atoms with E-state index in [1.165, 1.54) is 11.0 Å². The summed E-state index contributed by atoms with van der Waals surface area (Å²) >= 11 is 0. The smallest absolute Gasteiger partial charge is 0.315 e. The number of rotatable bonds is 14. The van der Waals surface area contributed by atoms with Crippen LogP contribution in [-0.4, -0.2) is 90.1 Å². The Labute approximate surface area is 293 Å². The van der Waals surface area contributed by atoms with Crippen LogP contribution < -0.4 is 21.3 Å². The minimum atomic E-state index is -3.56. The number of sulfone groups is 1. The van der Waals surface area contributed by atoms with Crippen molar-refractivity contribution in [2.45, 2.75) is 142 Å². The molecule has 3 aliphatic rings. The first-order valence-corrected chi connectivity index (χ1v) is 19.6. The van der Waals surface area contributed by atoms with Gasteiger partial charge in [-0.05, 0) is 69.6 Å². The van der Waals surface area contributed by atoms with E-state index >= 15 is 0 Å². The molecule has 0 bridgehead atoms. The number of amides is 5. The third-order valence-electron chi connectivity index (χ3n) is 10.4. The van der Waals surface area contributed by atoms with Gasteiger partial charge in [0.25, 0.3) is 5.91 Å². The monoisotopic (exact) mass is 707 g/mol. The molecule has 13 heteroatoms. The Hall–Kier alpha value is -2.96. The van der Waals surface area contributed by atoms with Gasteiger partial charge in [0, 0.05) is 13.1 Å². The molecule has 1 aliphatic heterocycles. The largest absolute Gasteiger partial charge is 0.346 e. The van der Waals surface area contributed by atoms with Gasteiger partial charge in [-0.15, -0.1) is 6.58 Å². The number of hydrogen-bond acceptors (Lipinski definition) is 7. The molecular formula is C36H61N5O7S. The van der Waals surface area contributed by atoms with E-state index in [2.05, 4.69) is 27.8 Å². The molecule has 0 spiro atoms. The Kier molecular flexibility index (Phi) is 13.2. The zero-order chi connectivity index (χ0) is 36.9. The van der Waals surface area contributed by atoms with Crippen LogP contribution in [0.3, 0.4) is 0 Å². The van der Waals surface area contributed by atoms with Gasteiger partial charge in [-0.3, -0.25) is 19.2 Å². The quantitative estimate of drug-likeness (QED) is 0.158. The van der Waals surface area contributed by atoms with Crippen molar-refractivity contribution in [2.75, 3.05) is 18.8 Å². The molecule has 1 heterocycles. The van der Waals surface area contributed by atoms with Gasteiger partial charge in [-0.1, -0.05) is 72.8 Å². The molecule has 0 aromatic heterocycles. The van der Waals surface area contributed by atoms with Crippen molar-refractivity contribution in [3.05, 3.63) is 12.7 Å². The average Bonchev–Trinajstić information content (AvgIpc) is 3.69. The number of urea groups is 1. The third kappa shape index (κ3) is 10.5. The topological polar surface area (TPSA) is 171 Å². The number of hydrogen-bond donors (Lipinski definition) is 4. The maximum Gasteiger partial charge on any atom is 0.315 e. The van der Waals surface area contributed by atoms with E-state index in [1.54, 1.807) is 20.8 Å². The van der Waals surface area contributed by atoms with Gasteiger partial charge >= 0.3 is 6.03 Å². The molecule has 4 atom stereocenters. The molecule has 2 aliphatic carbocycles. The fourth-order valence-electron chi connectivity index (χ4n) is 7.02. The third-order valence-corrected chi connectivity index (χ3v) is 13.2. The molecule has 1 saturated heterocycles. The minimum Gasteiger partial charge on any atom is -0.346 e. The van der Waals surface area contributed by atoms with Crippen molar-refractivity contribution in [1.29, 1.82) is 0 Å². The van der Waals surface area contributed by atoms with Crippen LogP contribution in [0.15, 0.2) is 12.7 Å². The molecule has 3 rings (SSSR count). The molecule has 2 saturated carbocycles. The number of nitrogens with one attached hydrogen (secondary N) is 4. The molecule has 49 heavy (non-hydrogen) atoms. The van der Waals surface area contributed by atoms with E-state index in [0.29, 0.717) is 25.7 Å². The van der Waals surface area contributed by atoms with E-state index in [1.807, 2.05) is 34.6 Å². The Morgan fingerprint density at radius 1 is 0.939 bits per heavy atom. The molecule has 0 aromatic carbocycles. The first-order valence-electron chi connectivity index (χ1n) is 18.0. The fraction of sp³-hybridized carbons (Fsp3) is 0.806. The summed E-state index contributed by atoms with van der Waals surface area (Å²) in [6, 6.07) is -3.59. The molecule has 3 fully saturated rings. The Morgan fingerprint density at radius 3 is 2.06 bits per heavy atom. The van der Waals surface area contributed by atoms with Crippen LogP contribution in [-0.2, 0) is 29.0 Å². The van der Waals surface area contributed by atoms with Crippen LogP contribution in [0.1, 0.15) is 113 Å². The molecule has 0 aromatic rings. The standard InChI is InChI=1S/C36H61N5O7S/c1-10-19-37-31(44)28(42)26(21-24-14-15-24)38-30(43)27-25(23(2)3)16-20-41(27)32(45)29(34(4,5)6)39-33(46)40-36(17-12-11-13-18-36)22-49(47,48)35(7,8)9/h10,23-27,29H,1,11-22H2,2-9H3,(H,37,44)(H,38,43)(H2,39,40,46)/t25-,26?,27+,29-/m1/s1. The summed E-state index contributed by atoms with van der Waals surface area (Å²) in [5.41, 5.74) is -1.73. The van der Waals surface area contributed by atoms with Crippen molar-refractivity contribution in [3.63, 3.8) is 0 Å². The maximum atomic E-state index is 14.4. The van der Waals surface area contributed by atoms with Gasteiger partial charge in [0.1, 0.15) is 12.1 Å². The summed E-state index contributed by atoms with van der Waals surface area (Å²) in [6.07, 6.45) is 7.75. The molecule has 0 radical (unpaired) electrons. The normalized spacial score (nSPS) is 22.5. The summed E-state index contributed by atoms with van der Waals surface area (Å²) < 4.78 is 25.6. The highest BCUT2D eigenvalue weighted by Gasteiger charge is 2.49. The zero-order valence-electron chi connectivity index (χ0n) is 30.9. The lowest BCUT2D eigenvalue weighted by Crippen LogP contribution is -2.64. The maximum absolute atomic E-state index is 14.4. The summed E-state index contributed by atoms with van der Waals surface area (Å²) in [5.74, 6) is -2.58. The summed E-state index contributed by atoms with van der Waals surface area (Å²) in [6.45, 7) is 18.4. The van der Waals surface area contributed by atoms with Crippen molar-refractivity contribution < 1.29 is 32.4 Å². The van der Waals surface area contributed by atoms with Gasteiger partial charge in [-0.25, -0.2) is 13.2 Å². The predicted octanol–water partition coefficient (Wildman–Crippen LogP) is 3.65. The van der Waals surface area contributed by atoms with E-state index in [9.17, 15) is 32.4 Å². The number of Topliss-reactive ketones (excluding diaryl/α,β-unsaturated/α-hetero) is 1. The number of carbonyl (C=O) groups excluding carboxylic acids is 5. The van der Waals surface area contributed by atoms with Gasteiger partial charge in [-0.2, -0.15) is 0 Å². The summed E-state index contributed by atoms with van der Waals surface area (Å²) in [4.78, 5) is 69.5. The van der Waals surface area contributed by atoms with Crippen molar-refractivity contribution in [3.8, 4) is 0 Å². The fourth-order valence-corrected chi connectivity index (χ4v) is 8.54. The lowest BCUT2D eigenvalue weighted by molar-refractivity contribution is -0.144. The number of likely N-dealkylation sites (tertiary alicyclic amines) is 1. The number of ketones is 1. The lowest BCUT2D eigenvalue weighted by Gasteiger charge is -2.41. The molecule has 4 N–H and O–H groups in total. The Balaban J connectivity index is 1.86. The second kappa shape index (κ2) is 15.9. The lowest BCUT2D eigenvalue weighted by atomic mass is 9.83. The van der Waals surface area contributed by atoms with E-state index in [4.69, 9.17) is 0 Å². The summed E-state index contributed by atoms with van der Waals surface area (Å²) in [5, 5.41) is 11.2. The molecule has 5 amide bonds.